The van der Waals surface area contributed by atoms with Crippen LogP contribution in [-0.2, 0) is 14.4 Å². The van der Waals surface area contributed by atoms with E-state index in [2.05, 4.69) is 5.16 Å². The van der Waals surface area contributed by atoms with Crippen molar-refractivity contribution >= 4 is 62.2 Å². The molecule has 1 N–H and O–H groups in total. The van der Waals surface area contributed by atoms with E-state index in [9.17, 15) is 10.3 Å². The first-order valence-electron chi connectivity index (χ1n) is 6.92. The molecule has 0 heterocycles. The van der Waals surface area contributed by atoms with Gasteiger partial charge in [0.1, 0.15) is 0 Å². The van der Waals surface area contributed by atoms with Gasteiger partial charge in [0.2, 0.25) is 0 Å². The van der Waals surface area contributed by atoms with Crippen LogP contribution in [0, 0.1) is 5.21 Å². The van der Waals surface area contributed by atoms with Crippen molar-refractivity contribution in [3.63, 3.8) is 0 Å². The first-order valence-corrected chi connectivity index (χ1v) is 6.92. The molecule has 0 fully saturated rings. The number of carbonyl (C=O) groups is 3. The second-order valence-electron chi connectivity index (χ2n) is 4.44. The van der Waals surface area contributed by atoms with E-state index in [4.69, 9.17) is 29.7 Å². The molecule has 0 aliphatic carbocycles. The maximum absolute atomic E-state index is 11.4. The van der Waals surface area contributed by atoms with E-state index in [1.165, 1.54) is 6.07 Å². The van der Waals surface area contributed by atoms with Gasteiger partial charge >= 0.3 is 0 Å². The maximum atomic E-state index is 11.4. The minimum Gasteiger partial charge on any atom is -0.872 e. The van der Waals surface area contributed by atoms with Crippen molar-refractivity contribution < 1.29 is 34.8 Å². The Morgan fingerprint density at radius 2 is 1.37 bits per heavy atom. The Morgan fingerprint density at radius 3 is 1.78 bits per heavy atom. The molecule has 0 aromatic heterocycles. The summed E-state index contributed by atoms with van der Waals surface area (Å²) in [5.41, 5.74) is 0.359. The van der Waals surface area contributed by atoms with Crippen molar-refractivity contribution in [3.05, 3.63) is 47.2 Å². The Hall–Kier alpha value is -2.70. The van der Waals surface area contributed by atoms with E-state index in [0.717, 1.165) is 37.8 Å². The molecule has 0 aliphatic heterocycles. The Kier molecular flexibility index (Phi) is 18.0. The van der Waals surface area contributed by atoms with Gasteiger partial charge in [0, 0.05) is 52.4 Å². The van der Waals surface area contributed by atoms with Crippen molar-refractivity contribution in [3.8, 4) is 5.75 Å². The predicted molar refractivity (Wildman–Crippen MR) is 94.8 cm³/mol. The third-order valence-corrected chi connectivity index (χ3v) is 2.11. The Bertz CT molecular complexity index is 721. The van der Waals surface area contributed by atoms with Gasteiger partial charge in [-0.05, 0) is 30.2 Å². The van der Waals surface area contributed by atoms with Crippen molar-refractivity contribution in [2.75, 3.05) is 0 Å². The molecule has 0 aliphatic rings. The van der Waals surface area contributed by atoms with Crippen LogP contribution in [0.5, 0.6) is 5.75 Å². The molecule has 4 radical (unpaired) electrons. The van der Waals surface area contributed by atoms with E-state index >= 15 is 0 Å². The molecule has 0 saturated carbocycles. The fourth-order valence-corrected chi connectivity index (χ4v) is 1.46. The van der Waals surface area contributed by atoms with Gasteiger partial charge in [-0.2, -0.15) is 0 Å². The van der Waals surface area contributed by atoms with Crippen LogP contribution in [0.25, 0.3) is 10.8 Å². The van der Waals surface area contributed by atoms with Crippen LogP contribution in [0.4, 0.5) is 0 Å². The van der Waals surface area contributed by atoms with Gasteiger partial charge in [0.15, 0.2) is 0 Å². The van der Waals surface area contributed by atoms with E-state index in [1.54, 1.807) is 12.1 Å². The number of rotatable bonds is 1. The molecule has 0 saturated heterocycles. The van der Waals surface area contributed by atoms with Gasteiger partial charge in [0.25, 0.3) is 5.97 Å². The van der Waals surface area contributed by atoms with E-state index in [1.807, 2.05) is 18.2 Å². The first-order chi connectivity index (χ1) is 12.0. The van der Waals surface area contributed by atoms with Gasteiger partial charge in [0.05, 0.1) is 0 Å². The summed E-state index contributed by atoms with van der Waals surface area (Å²) in [5, 5.41) is 51.1. The minimum atomic E-state index is -1.08. The number of benzene rings is 2. The molecule has 2 aromatic rings. The number of hydrogen-bond donors (Lipinski definition) is 1. The summed E-state index contributed by atoms with van der Waals surface area (Å²) in [4.78, 5) is 26.8. The van der Waals surface area contributed by atoms with E-state index in [0.29, 0.717) is 5.56 Å². The van der Waals surface area contributed by atoms with Crippen LogP contribution >= 0.6 is 0 Å². The van der Waals surface area contributed by atoms with Gasteiger partial charge in [-0.15, -0.1) is 0 Å². The van der Waals surface area contributed by atoms with Crippen LogP contribution in [0.3, 0.4) is 0 Å². The van der Waals surface area contributed by atoms with Gasteiger partial charge in [-0.3, -0.25) is 4.79 Å². The summed E-state index contributed by atoms with van der Waals surface area (Å²) in [7, 11) is 0. The molecule has 0 unspecified atom stereocenters. The molecule has 2 rings (SSSR count). The number of hydrogen-bond acceptors (Lipinski definition) is 8. The predicted octanol–water partition coefficient (Wildman–Crippen LogP) is -0.947. The van der Waals surface area contributed by atoms with E-state index < -0.39 is 17.9 Å². The quantitative estimate of drug-likeness (QED) is 0.259. The monoisotopic (exact) mass is 571 g/mol. The fraction of sp³-hybridized carbons (Fsp3) is 0.176. The summed E-state index contributed by atoms with van der Waals surface area (Å²) < 4.78 is 0. The number of aliphatic carboxylic acids is 3. The smallest absolute Gasteiger partial charge is 0.300 e. The van der Waals surface area contributed by atoms with E-state index in [-0.39, 0.29) is 33.0 Å². The zero-order valence-corrected chi connectivity index (χ0v) is 18.7. The van der Waals surface area contributed by atoms with Crippen LogP contribution < -0.4 is 15.3 Å². The van der Waals surface area contributed by atoms with Gasteiger partial charge in [-0.25, -0.2) is 0 Å². The average Bonchev–Trinajstić information content (AvgIpc) is 2.49. The Labute approximate surface area is 175 Å². The molecule has 0 spiro atoms. The third kappa shape index (κ3) is 17.9. The van der Waals surface area contributed by atoms with Crippen LogP contribution in [0.1, 0.15) is 26.3 Å². The van der Waals surface area contributed by atoms with Crippen LogP contribution in [-0.4, -0.2) is 56.5 Å². The molecule has 2 aromatic carbocycles. The normalized spacial score (nSPS) is 8.56. The molecule has 9 nitrogen and oxygen atoms in total. The minimum absolute atomic E-state index is 0. The van der Waals surface area contributed by atoms with Crippen molar-refractivity contribution in [2.45, 2.75) is 20.8 Å². The first kappa shape index (κ1) is 29.1. The summed E-state index contributed by atoms with van der Waals surface area (Å²) in [6, 6.07) is 10.6. The number of fused-ring (bicyclic) bond motifs is 1. The van der Waals surface area contributed by atoms with Gasteiger partial charge in [-0.1, -0.05) is 42.1 Å². The van der Waals surface area contributed by atoms with Crippen molar-refractivity contribution in [2.24, 2.45) is 5.16 Å². The molecular formula is C17H17NO8Pb-4. The number of carboxylic acid groups (broad SMARTS) is 3. The average molecular weight is 571 g/mol. The van der Waals surface area contributed by atoms with Gasteiger partial charge < -0.3 is 40.4 Å². The molecule has 27 heavy (non-hydrogen) atoms. The van der Waals surface area contributed by atoms with Crippen molar-refractivity contribution in [1.82, 2.24) is 0 Å². The maximum Gasteiger partial charge on any atom is 0.300 e. The topological polar surface area (TPSA) is 176 Å². The molecule has 0 bridgehead atoms. The Morgan fingerprint density at radius 1 is 0.963 bits per heavy atom. The van der Waals surface area contributed by atoms with Crippen molar-refractivity contribution in [1.29, 1.82) is 0 Å². The number of carboxylic acids is 3. The molecular weight excluding hydrogens is 553 g/mol. The summed E-state index contributed by atoms with van der Waals surface area (Å²) in [6.07, 6.45) is 1.06. The number of carbonyl (C=O) groups excluding carboxylic acids is 2. The largest absolute Gasteiger partial charge is 0.872 e. The summed E-state index contributed by atoms with van der Waals surface area (Å²) in [6.45, 7) is 3.03. The molecule has 0 amide bonds. The molecule has 0 atom stereocenters. The molecule has 10 heteroatoms. The third-order valence-electron chi connectivity index (χ3n) is 2.11. The number of nitrogens with zero attached hydrogens (tertiary/aromatic N) is 1. The molecule has 146 valence electrons. The Balaban J connectivity index is -0.000000371. The zero-order chi connectivity index (χ0) is 20.7. The standard InChI is InChI=1S/C11H9NO2.3C2H4O2.Pb/c13-11-6-5-8-3-1-2-4-9(8)10(11)7-12-14;3*1-2(3)4;/h1-7,13-14H;3*1H3,(H,3,4);/p-4/b12-7-;;;;. The summed E-state index contributed by atoms with van der Waals surface area (Å²) >= 11 is 0. The second kappa shape index (κ2) is 16.8. The van der Waals surface area contributed by atoms with Crippen LogP contribution in [0.2, 0.25) is 0 Å². The SMILES string of the molecule is CC(=O)O.CC(=O)[O-].CC(=O)[O-].[O-]/N=C\c1c([O-])ccc2ccccc12.[Pb]. The zero-order valence-electron chi connectivity index (χ0n) is 14.8. The fourth-order valence-electron chi connectivity index (χ4n) is 1.46. The second-order valence-corrected chi connectivity index (χ2v) is 4.44. The van der Waals surface area contributed by atoms with Crippen LogP contribution in [0.15, 0.2) is 41.6 Å². The summed E-state index contributed by atoms with van der Waals surface area (Å²) in [5.74, 6) is -3.18.